The summed E-state index contributed by atoms with van der Waals surface area (Å²) >= 11 is 0. The van der Waals surface area contributed by atoms with E-state index in [0.29, 0.717) is 12.1 Å². The topological polar surface area (TPSA) is 71.3 Å². The number of hydrogen-bond donors (Lipinski definition) is 1. The highest BCUT2D eigenvalue weighted by Gasteiger charge is 2.22. The largest absolute Gasteiger partial charge is 0.365 e. The minimum Gasteiger partial charge on any atom is -0.365 e. The fourth-order valence-electron chi connectivity index (χ4n) is 2.21. The molecule has 0 radical (unpaired) electrons. The Morgan fingerprint density at radius 3 is 2.53 bits per heavy atom. The fourth-order valence-corrected chi connectivity index (χ4v) is 2.21. The van der Waals surface area contributed by atoms with Crippen molar-refractivity contribution in [3.8, 4) is 0 Å². The second kappa shape index (κ2) is 4.67. The van der Waals surface area contributed by atoms with E-state index in [4.69, 9.17) is 0 Å². The molecular formula is C11H16N4O2. The van der Waals surface area contributed by atoms with Gasteiger partial charge in [-0.15, -0.1) is 0 Å². The molecule has 1 unspecified atom stereocenters. The van der Waals surface area contributed by atoms with Crippen LogP contribution in [0.4, 0.5) is 11.5 Å². The summed E-state index contributed by atoms with van der Waals surface area (Å²) in [5, 5.41) is 14.0. The van der Waals surface area contributed by atoms with Crippen LogP contribution < -0.4 is 10.2 Å². The third-order valence-electron chi connectivity index (χ3n) is 2.84. The Balaban J connectivity index is 2.14. The molecule has 0 aliphatic carbocycles. The second-order valence-electron chi connectivity index (χ2n) is 4.51. The van der Waals surface area contributed by atoms with Crippen molar-refractivity contribution >= 4 is 11.5 Å². The van der Waals surface area contributed by atoms with E-state index in [-0.39, 0.29) is 5.82 Å². The number of piperazine rings is 1. The van der Waals surface area contributed by atoms with Crippen LogP contribution in [0.2, 0.25) is 0 Å². The quantitative estimate of drug-likeness (QED) is 0.616. The molecule has 0 bridgehead atoms. The molecule has 17 heavy (non-hydrogen) atoms. The molecule has 6 nitrogen and oxygen atoms in total. The van der Waals surface area contributed by atoms with Crippen LogP contribution >= 0.6 is 0 Å². The molecular weight excluding hydrogens is 220 g/mol. The van der Waals surface area contributed by atoms with E-state index in [9.17, 15) is 10.1 Å². The highest BCUT2D eigenvalue weighted by Crippen LogP contribution is 2.18. The maximum Gasteiger partial charge on any atom is 0.363 e. The monoisotopic (exact) mass is 236 g/mol. The van der Waals surface area contributed by atoms with Crippen LogP contribution in [0.5, 0.6) is 0 Å². The average Bonchev–Trinajstić information content (AvgIpc) is 2.28. The average molecular weight is 236 g/mol. The Morgan fingerprint density at radius 1 is 1.41 bits per heavy atom. The summed E-state index contributed by atoms with van der Waals surface area (Å²) in [7, 11) is 0. The van der Waals surface area contributed by atoms with E-state index < -0.39 is 4.92 Å². The highest BCUT2D eigenvalue weighted by molar-refractivity contribution is 5.47. The van der Waals surface area contributed by atoms with E-state index in [1.807, 2.05) is 0 Å². The van der Waals surface area contributed by atoms with Gasteiger partial charge in [0.05, 0.1) is 5.69 Å². The standard InChI is InChI=1S/C11H16N4O2/c1-8-6-14(7-9(2)13-8)10-3-4-11(12-5-10)15(16)17/h3-5,8-9,13H,6-7H2,1-2H3/t8-,9?/m0/s1. The maximum atomic E-state index is 10.5. The lowest BCUT2D eigenvalue weighted by atomic mass is 10.1. The lowest BCUT2D eigenvalue weighted by Gasteiger charge is -2.37. The molecule has 92 valence electrons. The van der Waals surface area contributed by atoms with Crippen LogP contribution in [0.3, 0.4) is 0 Å². The Labute approximate surface area is 99.8 Å². The van der Waals surface area contributed by atoms with Crippen molar-refractivity contribution in [2.75, 3.05) is 18.0 Å². The maximum absolute atomic E-state index is 10.5. The first-order valence-corrected chi connectivity index (χ1v) is 5.67. The minimum atomic E-state index is -0.479. The molecule has 6 heteroatoms. The van der Waals surface area contributed by atoms with Gasteiger partial charge in [-0.25, -0.2) is 0 Å². The summed E-state index contributed by atoms with van der Waals surface area (Å²) in [6.45, 7) is 6.04. The van der Waals surface area contributed by atoms with Crippen molar-refractivity contribution in [1.29, 1.82) is 0 Å². The van der Waals surface area contributed by atoms with Crippen molar-refractivity contribution < 1.29 is 4.92 Å². The number of aromatic nitrogens is 1. The van der Waals surface area contributed by atoms with Crippen molar-refractivity contribution in [2.45, 2.75) is 25.9 Å². The second-order valence-corrected chi connectivity index (χ2v) is 4.51. The highest BCUT2D eigenvalue weighted by atomic mass is 16.6. The molecule has 1 saturated heterocycles. The summed E-state index contributed by atoms with van der Waals surface area (Å²) in [6.07, 6.45) is 1.57. The minimum absolute atomic E-state index is 0.106. The van der Waals surface area contributed by atoms with E-state index >= 15 is 0 Å². The molecule has 2 rings (SSSR count). The van der Waals surface area contributed by atoms with Gasteiger partial charge in [0, 0.05) is 31.2 Å². The third-order valence-corrected chi connectivity index (χ3v) is 2.84. The first-order valence-electron chi connectivity index (χ1n) is 5.67. The van der Waals surface area contributed by atoms with Gasteiger partial charge in [0.15, 0.2) is 6.20 Å². The van der Waals surface area contributed by atoms with Gasteiger partial charge in [-0.2, -0.15) is 0 Å². The van der Waals surface area contributed by atoms with Gasteiger partial charge in [0.25, 0.3) is 0 Å². The summed E-state index contributed by atoms with van der Waals surface area (Å²) in [5.74, 6) is -0.106. The fraction of sp³-hybridized carbons (Fsp3) is 0.545. The normalized spacial score (nSPS) is 24.7. The number of nitrogens with one attached hydrogen (secondary N) is 1. The molecule has 1 fully saturated rings. The number of rotatable bonds is 2. The molecule has 1 aromatic rings. The van der Waals surface area contributed by atoms with Crippen LogP contribution in [0.15, 0.2) is 18.3 Å². The summed E-state index contributed by atoms with van der Waals surface area (Å²) in [6, 6.07) is 4.03. The number of pyridine rings is 1. The lowest BCUT2D eigenvalue weighted by Crippen LogP contribution is -2.54. The van der Waals surface area contributed by atoms with Gasteiger partial charge in [-0.3, -0.25) is 0 Å². The number of hydrogen-bond acceptors (Lipinski definition) is 5. The van der Waals surface area contributed by atoms with Crippen molar-refractivity contribution in [1.82, 2.24) is 10.3 Å². The first kappa shape index (κ1) is 11.8. The predicted molar refractivity (Wildman–Crippen MR) is 65.2 cm³/mol. The van der Waals surface area contributed by atoms with E-state index in [0.717, 1.165) is 18.8 Å². The molecule has 0 amide bonds. The van der Waals surface area contributed by atoms with Crippen molar-refractivity contribution in [2.24, 2.45) is 0 Å². The predicted octanol–water partition coefficient (Wildman–Crippen LogP) is 1.18. The molecule has 0 aromatic carbocycles. The molecule has 0 saturated carbocycles. The Morgan fingerprint density at radius 2 is 2.06 bits per heavy atom. The third kappa shape index (κ3) is 2.71. The van der Waals surface area contributed by atoms with E-state index in [2.05, 4.69) is 29.0 Å². The molecule has 2 heterocycles. The van der Waals surface area contributed by atoms with Gasteiger partial charge in [0.2, 0.25) is 0 Å². The van der Waals surface area contributed by atoms with Gasteiger partial charge >= 0.3 is 5.82 Å². The van der Waals surface area contributed by atoms with Crippen LogP contribution in [0, 0.1) is 10.1 Å². The molecule has 1 N–H and O–H groups in total. The van der Waals surface area contributed by atoms with Crippen LogP contribution in [-0.4, -0.2) is 35.1 Å². The SMILES string of the molecule is CC1CN(c2ccc([N+](=O)[O-])nc2)C[C@H](C)N1. The van der Waals surface area contributed by atoms with E-state index in [1.165, 1.54) is 6.07 Å². The van der Waals surface area contributed by atoms with Crippen molar-refractivity contribution in [3.63, 3.8) is 0 Å². The number of nitro groups is 1. The van der Waals surface area contributed by atoms with Crippen LogP contribution in [0.1, 0.15) is 13.8 Å². The molecule has 1 aliphatic heterocycles. The van der Waals surface area contributed by atoms with Gasteiger partial charge < -0.3 is 20.3 Å². The summed E-state index contributed by atoms with van der Waals surface area (Å²) in [5.41, 5.74) is 0.941. The molecule has 1 aromatic heterocycles. The van der Waals surface area contributed by atoms with E-state index in [1.54, 1.807) is 12.3 Å². The summed E-state index contributed by atoms with van der Waals surface area (Å²) < 4.78 is 0. The first-order chi connectivity index (χ1) is 8.06. The smallest absolute Gasteiger partial charge is 0.363 e. The Bertz CT molecular complexity index is 396. The zero-order valence-corrected chi connectivity index (χ0v) is 9.96. The van der Waals surface area contributed by atoms with Crippen LogP contribution in [-0.2, 0) is 0 Å². The molecule has 1 aliphatic rings. The van der Waals surface area contributed by atoms with Gasteiger partial charge in [-0.1, -0.05) is 0 Å². The van der Waals surface area contributed by atoms with Gasteiger partial charge in [-0.05, 0) is 29.8 Å². The lowest BCUT2D eigenvalue weighted by molar-refractivity contribution is -0.389. The molecule has 0 spiro atoms. The number of anilines is 1. The Hall–Kier alpha value is -1.69. The van der Waals surface area contributed by atoms with Crippen molar-refractivity contribution in [3.05, 3.63) is 28.4 Å². The Kier molecular flexibility index (Phi) is 3.23. The zero-order chi connectivity index (χ0) is 12.4. The zero-order valence-electron chi connectivity index (χ0n) is 9.96. The molecule has 2 atom stereocenters. The summed E-state index contributed by atoms with van der Waals surface area (Å²) in [4.78, 5) is 16.1. The number of nitrogens with zero attached hydrogens (tertiary/aromatic N) is 3. The van der Waals surface area contributed by atoms with Gasteiger partial charge in [0.1, 0.15) is 0 Å². The van der Waals surface area contributed by atoms with Crippen LogP contribution in [0.25, 0.3) is 0 Å².